The average Bonchev–Trinajstić information content (AvgIpc) is 2.65. The van der Waals surface area contributed by atoms with Crippen LogP contribution in [0.15, 0.2) is 4.42 Å². The maximum Gasteiger partial charge on any atom is 0.306 e. The molecule has 1 aliphatic rings. The van der Waals surface area contributed by atoms with Gasteiger partial charge >= 0.3 is 5.97 Å². The van der Waals surface area contributed by atoms with Crippen LogP contribution >= 0.6 is 0 Å². The van der Waals surface area contributed by atoms with Crippen molar-refractivity contribution >= 4 is 5.97 Å². The van der Waals surface area contributed by atoms with Crippen LogP contribution in [-0.2, 0) is 4.79 Å². The third kappa shape index (κ3) is 2.16. The summed E-state index contributed by atoms with van der Waals surface area (Å²) in [6.07, 6.45) is 3.08. The van der Waals surface area contributed by atoms with Gasteiger partial charge in [0.15, 0.2) is 0 Å². The second-order valence-corrected chi connectivity index (χ2v) is 4.05. The van der Waals surface area contributed by atoms with Crippen LogP contribution < -0.4 is 0 Å². The zero-order valence-electron chi connectivity index (χ0n) is 8.64. The highest BCUT2D eigenvalue weighted by Gasteiger charge is 2.29. The highest BCUT2D eigenvalue weighted by Crippen LogP contribution is 2.35. The first-order valence-electron chi connectivity index (χ1n) is 5.19. The topological polar surface area (TPSA) is 76.2 Å². The molecule has 1 N–H and O–H groups in total. The number of aromatic nitrogens is 2. The van der Waals surface area contributed by atoms with E-state index in [2.05, 4.69) is 10.2 Å². The summed E-state index contributed by atoms with van der Waals surface area (Å²) in [4.78, 5) is 10.8. The summed E-state index contributed by atoms with van der Waals surface area (Å²) in [5, 5.41) is 16.6. The summed E-state index contributed by atoms with van der Waals surface area (Å²) < 4.78 is 5.35. The smallest absolute Gasteiger partial charge is 0.306 e. The first-order valence-corrected chi connectivity index (χ1v) is 5.19. The van der Waals surface area contributed by atoms with Gasteiger partial charge in [-0.1, -0.05) is 0 Å². The zero-order valence-corrected chi connectivity index (χ0v) is 8.64. The summed E-state index contributed by atoms with van der Waals surface area (Å²) in [5.41, 5.74) is 0. The van der Waals surface area contributed by atoms with E-state index in [1.807, 2.05) is 0 Å². The Morgan fingerprint density at radius 1 is 1.33 bits per heavy atom. The predicted molar refractivity (Wildman–Crippen MR) is 51.4 cm³/mol. The van der Waals surface area contributed by atoms with Gasteiger partial charge in [-0.05, 0) is 25.7 Å². The zero-order chi connectivity index (χ0) is 10.8. The Morgan fingerprint density at radius 3 is 2.47 bits per heavy atom. The first-order chi connectivity index (χ1) is 7.16. The standard InChI is InChI=1S/C10H14N2O3/c1-6-11-12-9(15-6)7-2-4-8(5-3-7)10(13)14/h7-8H,2-5H2,1H3,(H,13,14)/t7-,8-. The molecule has 0 aromatic carbocycles. The molecule has 1 fully saturated rings. The SMILES string of the molecule is Cc1nnc([C@H]2CC[C@H](C(=O)O)CC2)o1. The van der Waals surface area contributed by atoms with Crippen molar-refractivity contribution in [1.82, 2.24) is 10.2 Å². The molecule has 1 aromatic heterocycles. The van der Waals surface area contributed by atoms with Crippen LogP contribution in [-0.4, -0.2) is 21.3 Å². The van der Waals surface area contributed by atoms with Crippen LogP contribution in [0.3, 0.4) is 0 Å². The lowest BCUT2D eigenvalue weighted by molar-refractivity contribution is -0.142. The minimum absolute atomic E-state index is 0.190. The van der Waals surface area contributed by atoms with E-state index in [1.54, 1.807) is 6.92 Å². The van der Waals surface area contributed by atoms with E-state index in [0.29, 0.717) is 24.6 Å². The molecule has 5 heteroatoms. The molecule has 2 rings (SSSR count). The molecule has 1 heterocycles. The number of carboxylic acid groups (broad SMARTS) is 1. The van der Waals surface area contributed by atoms with Gasteiger partial charge in [-0.3, -0.25) is 4.79 Å². The van der Waals surface area contributed by atoms with Crippen LogP contribution in [0.2, 0.25) is 0 Å². The van der Waals surface area contributed by atoms with Crippen LogP contribution in [0, 0.1) is 12.8 Å². The molecule has 0 atom stereocenters. The molecule has 1 aliphatic carbocycles. The number of carboxylic acids is 1. The highest BCUT2D eigenvalue weighted by molar-refractivity contribution is 5.70. The molecule has 0 bridgehead atoms. The fraction of sp³-hybridized carbons (Fsp3) is 0.700. The Balaban J connectivity index is 1.96. The van der Waals surface area contributed by atoms with Gasteiger partial charge in [0.25, 0.3) is 0 Å². The number of carbonyl (C=O) groups is 1. The number of rotatable bonds is 2. The van der Waals surface area contributed by atoms with Gasteiger partial charge in [0.1, 0.15) is 0 Å². The number of aliphatic carboxylic acids is 1. The van der Waals surface area contributed by atoms with Gasteiger partial charge in [0.2, 0.25) is 11.8 Å². The first kappa shape index (κ1) is 10.1. The second kappa shape index (κ2) is 4.00. The molecular formula is C10H14N2O3. The largest absolute Gasteiger partial charge is 0.481 e. The number of hydrogen-bond acceptors (Lipinski definition) is 4. The summed E-state index contributed by atoms with van der Waals surface area (Å²) in [7, 11) is 0. The maximum absolute atomic E-state index is 10.8. The molecule has 0 unspecified atom stereocenters. The Kier molecular flexibility index (Phi) is 2.70. The number of nitrogens with zero attached hydrogens (tertiary/aromatic N) is 2. The average molecular weight is 210 g/mol. The summed E-state index contributed by atoms with van der Waals surface area (Å²) in [5.74, 6) is 0.615. The van der Waals surface area contributed by atoms with Crippen molar-refractivity contribution < 1.29 is 14.3 Å². The van der Waals surface area contributed by atoms with E-state index in [0.717, 1.165) is 12.8 Å². The fourth-order valence-electron chi connectivity index (χ4n) is 2.06. The van der Waals surface area contributed by atoms with E-state index < -0.39 is 5.97 Å². The second-order valence-electron chi connectivity index (χ2n) is 4.05. The minimum Gasteiger partial charge on any atom is -0.481 e. The lowest BCUT2D eigenvalue weighted by Crippen LogP contribution is -2.20. The molecule has 0 radical (unpaired) electrons. The van der Waals surface area contributed by atoms with Gasteiger partial charge in [0, 0.05) is 12.8 Å². The molecule has 0 amide bonds. The molecular weight excluding hydrogens is 196 g/mol. The van der Waals surface area contributed by atoms with Gasteiger partial charge < -0.3 is 9.52 Å². The minimum atomic E-state index is -0.685. The lowest BCUT2D eigenvalue weighted by atomic mass is 9.82. The Morgan fingerprint density at radius 2 is 2.00 bits per heavy atom. The summed E-state index contributed by atoms with van der Waals surface area (Å²) >= 11 is 0. The molecule has 0 aliphatic heterocycles. The molecule has 1 saturated carbocycles. The van der Waals surface area contributed by atoms with Gasteiger partial charge in [-0.15, -0.1) is 10.2 Å². The van der Waals surface area contributed by atoms with Crippen LogP contribution in [0.1, 0.15) is 43.4 Å². The molecule has 0 saturated heterocycles. The van der Waals surface area contributed by atoms with Gasteiger partial charge in [0.05, 0.1) is 5.92 Å². The third-order valence-corrected chi connectivity index (χ3v) is 2.97. The Labute approximate surface area is 87.5 Å². The van der Waals surface area contributed by atoms with Crippen molar-refractivity contribution in [2.75, 3.05) is 0 Å². The Hall–Kier alpha value is -1.39. The summed E-state index contributed by atoms with van der Waals surface area (Å²) in [6, 6.07) is 0. The number of aryl methyl sites for hydroxylation is 1. The lowest BCUT2D eigenvalue weighted by Gasteiger charge is -2.23. The fourth-order valence-corrected chi connectivity index (χ4v) is 2.06. The normalized spacial score (nSPS) is 26.5. The van der Waals surface area contributed by atoms with Crippen molar-refractivity contribution in [2.45, 2.75) is 38.5 Å². The van der Waals surface area contributed by atoms with E-state index in [4.69, 9.17) is 9.52 Å². The molecule has 0 spiro atoms. The maximum atomic E-state index is 10.8. The van der Waals surface area contributed by atoms with E-state index in [-0.39, 0.29) is 11.8 Å². The predicted octanol–water partition coefficient (Wildman–Crippen LogP) is 1.74. The highest BCUT2D eigenvalue weighted by atomic mass is 16.4. The monoisotopic (exact) mass is 210 g/mol. The van der Waals surface area contributed by atoms with E-state index >= 15 is 0 Å². The van der Waals surface area contributed by atoms with Crippen LogP contribution in [0.4, 0.5) is 0 Å². The number of hydrogen-bond donors (Lipinski definition) is 1. The van der Waals surface area contributed by atoms with E-state index in [1.165, 1.54) is 0 Å². The van der Waals surface area contributed by atoms with Crippen LogP contribution in [0.25, 0.3) is 0 Å². The van der Waals surface area contributed by atoms with Crippen LogP contribution in [0.5, 0.6) is 0 Å². The van der Waals surface area contributed by atoms with Gasteiger partial charge in [-0.25, -0.2) is 0 Å². The molecule has 5 nitrogen and oxygen atoms in total. The van der Waals surface area contributed by atoms with Crippen molar-refractivity contribution in [1.29, 1.82) is 0 Å². The quantitative estimate of drug-likeness (QED) is 0.804. The van der Waals surface area contributed by atoms with Crippen molar-refractivity contribution in [3.63, 3.8) is 0 Å². The molecule has 1 aromatic rings. The van der Waals surface area contributed by atoms with Crippen molar-refractivity contribution in [3.8, 4) is 0 Å². The molecule has 15 heavy (non-hydrogen) atoms. The van der Waals surface area contributed by atoms with Crippen molar-refractivity contribution in [2.24, 2.45) is 5.92 Å². The Bertz CT molecular complexity index is 353. The van der Waals surface area contributed by atoms with Crippen molar-refractivity contribution in [3.05, 3.63) is 11.8 Å². The summed E-state index contributed by atoms with van der Waals surface area (Å²) in [6.45, 7) is 1.76. The third-order valence-electron chi connectivity index (χ3n) is 2.97. The van der Waals surface area contributed by atoms with Gasteiger partial charge in [-0.2, -0.15) is 0 Å². The van der Waals surface area contributed by atoms with E-state index in [9.17, 15) is 4.79 Å². The molecule has 82 valence electrons.